The third kappa shape index (κ3) is 4.31. The topological polar surface area (TPSA) is 66.4 Å². The van der Waals surface area contributed by atoms with E-state index in [9.17, 15) is 9.59 Å². The van der Waals surface area contributed by atoms with E-state index < -0.39 is 5.97 Å². The molecule has 0 aromatic heterocycles. The van der Waals surface area contributed by atoms with Gasteiger partial charge in [0.15, 0.2) is 0 Å². The highest BCUT2D eigenvalue weighted by Gasteiger charge is 2.26. The van der Waals surface area contributed by atoms with Gasteiger partial charge in [0.05, 0.1) is 12.3 Å². The van der Waals surface area contributed by atoms with Gasteiger partial charge in [0, 0.05) is 6.04 Å². The second kappa shape index (κ2) is 6.74. The van der Waals surface area contributed by atoms with Crippen LogP contribution < -0.4 is 5.32 Å². The molecule has 1 aliphatic carbocycles. The van der Waals surface area contributed by atoms with Gasteiger partial charge in [-0.1, -0.05) is 18.2 Å². The first kappa shape index (κ1) is 15.5. The predicted octanol–water partition coefficient (Wildman–Crippen LogP) is 2.61. The van der Waals surface area contributed by atoms with Crippen molar-refractivity contribution >= 4 is 11.9 Å². The minimum absolute atomic E-state index is 0.0250. The molecule has 2 N–H and O–H groups in total. The maximum absolute atomic E-state index is 12.1. The van der Waals surface area contributed by atoms with E-state index in [-0.39, 0.29) is 17.9 Å². The van der Waals surface area contributed by atoms with Gasteiger partial charge >= 0.3 is 5.97 Å². The Morgan fingerprint density at radius 2 is 1.81 bits per heavy atom. The first-order chi connectivity index (χ1) is 9.95. The number of nitrogens with one attached hydrogen (secondary N) is 1. The van der Waals surface area contributed by atoms with E-state index in [1.165, 1.54) is 11.1 Å². The van der Waals surface area contributed by atoms with E-state index in [1.807, 2.05) is 19.1 Å². The Morgan fingerprint density at radius 3 is 2.38 bits per heavy atom. The molecule has 0 heterocycles. The van der Waals surface area contributed by atoms with Crippen LogP contribution >= 0.6 is 0 Å². The maximum Gasteiger partial charge on any atom is 0.306 e. The highest BCUT2D eigenvalue weighted by atomic mass is 16.4. The van der Waals surface area contributed by atoms with Crippen LogP contribution in [-0.4, -0.2) is 23.0 Å². The van der Waals surface area contributed by atoms with Gasteiger partial charge in [0.25, 0.3) is 0 Å². The van der Waals surface area contributed by atoms with Gasteiger partial charge in [-0.2, -0.15) is 0 Å². The molecule has 1 aliphatic rings. The number of hydrogen-bond acceptors (Lipinski definition) is 2. The second-order valence-corrected chi connectivity index (χ2v) is 6.05. The zero-order valence-electron chi connectivity index (χ0n) is 12.7. The van der Waals surface area contributed by atoms with Crippen molar-refractivity contribution in [2.75, 3.05) is 0 Å². The number of hydrogen-bond donors (Lipinski definition) is 2. The number of aliphatic carboxylic acids is 1. The first-order valence-electron chi connectivity index (χ1n) is 7.54. The van der Waals surface area contributed by atoms with Gasteiger partial charge in [-0.25, -0.2) is 0 Å². The smallest absolute Gasteiger partial charge is 0.306 e. The number of carboxylic acids is 1. The molecule has 0 aliphatic heterocycles. The lowest BCUT2D eigenvalue weighted by Crippen LogP contribution is -2.39. The summed E-state index contributed by atoms with van der Waals surface area (Å²) in [4.78, 5) is 23.0. The Labute approximate surface area is 125 Å². The fourth-order valence-electron chi connectivity index (χ4n) is 2.86. The van der Waals surface area contributed by atoms with Crippen LogP contribution in [0, 0.1) is 19.8 Å². The molecule has 0 bridgehead atoms. The summed E-state index contributed by atoms with van der Waals surface area (Å²) in [6, 6.07) is 6.20. The Bertz CT molecular complexity index is 531. The Morgan fingerprint density at radius 1 is 1.14 bits per heavy atom. The van der Waals surface area contributed by atoms with Crippen molar-refractivity contribution in [3.05, 3.63) is 34.9 Å². The molecule has 2 rings (SSSR count). The summed E-state index contributed by atoms with van der Waals surface area (Å²) in [6.07, 6.45) is 3.22. The highest BCUT2D eigenvalue weighted by Crippen LogP contribution is 2.24. The van der Waals surface area contributed by atoms with Gasteiger partial charge in [0.1, 0.15) is 0 Å². The summed E-state index contributed by atoms with van der Waals surface area (Å²) in [5.41, 5.74) is 3.45. The molecular weight excluding hydrogens is 266 g/mol. The molecule has 4 nitrogen and oxygen atoms in total. The average molecular weight is 289 g/mol. The Balaban J connectivity index is 1.82. The molecule has 1 fully saturated rings. The molecule has 0 atom stereocenters. The number of carboxylic acid groups (broad SMARTS) is 1. The lowest BCUT2D eigenvalue weighted by molar-refractivity contribution is -0.142. The monoisotopic (exact) mass is 289 g/mol. The minimum atomic E-state index is -0.713. The molecule has 0 saturated heterocycles. The normalized spacial score (nSPS) is 21.8. The third-order valence-corrected chi connectivity index (χ3v) is 4.38. The first-order valence-corrected chi connectivity index (χ1v) is 7.54. The second-order valence-electron chi connectivity index (χ2n) is 6.05. The summed E-state index contributed by atoms with van der Waals surface area (Å²) in [5, 5.41) is 12.0. The number of carbonyl (C=O) groups is 2. The standard InChI is InChI=1S/C17H23NO3/c1-11-3-4-13(9-12(11)2)10-16(19)18-15-7-5-14(6-8-15)17(20)21/h3-4,9,14-15H,5-8,10H2,1-2H3,(H,18,19)(H,20,21). The van der Waals surface area contributed by atoms with Crippen molar-refractivity contribution in [3.63, 3.8) is 0 Å². The van der Waals surface area contributed by atoms with Gasteiger partial charge in [-0.05, 0) is 56.2 Å². The number of rotatable bonds is 4. The maximum atomic E-state index is 12.1. The summed E-state index contributed by atoms with van der Waals surface area (Å²) in [6.45, 7) is 4.10. The molecule has 21 heavy (non-hydrogen) atoms. The molecule has 1 aromatic rings. The molecular formula is C17H23NO3. The molecule has 0 spiro atoms. The quantitative estimate of drug-likeness (QED) is 0.895. The lowest BCUT2D eigenvalue weighted by Gasteiger charge is -2.26. The summed E-state index contributed by atoms with van der Waals surface area (Å²) in [5.74, 6) is -0.926. The zero-order chi connectivity index (χ0) is 15.4. The van der Waals surface area contributed by atoms with Crippen LogP contribution in [0.2, 0.25) is 0 Å². The molecule has 0 unspecified atom stereocenters. The van der Waals surface area contributed by atoms with Crippen LogP contribution in [0.4, 0.5) is 0 Å². The summed E-state index contributed by atoms with van der Waals surface area (Å²) < 4.78 is 0. The van der Waals surface area contributed by atoms with Crippen molar-refractivity contribution in [2.45, 2.75) is 52.0 Å². The van der Waals surface area contributed by atoms with E-state index in [0.717, 1.165) is 18.4 Å². The van der Waals surface area contributed by atoms with Crippen molar-refractivity contribution < 1.29 is 14.7 Å². The third-order valence-electron chi connectivity index (χ3n) is 4.38. The average Bonchev–Trinajstić information content (AvgIpc) is 2.43. The van der Waals surface area contributed by atoms with Crippen LogP contribution in [0.25, 0.3) is 0 Å². The SMILES string of the molecule is Cc1ccc(CC(=O)NC2CCC(C(=O)O)CC2)cc1C. The fourth-order valence-corrected chi connectivity index (χ4v) is 2.86. The molecule has 114 valence electrons. The summed E-state index contributed by atoms with van der Waals surface area (Å²) >= 11 is 0. The molecule has 1 saturated carbocycles. The van der Waals surface area contributed by atoms with Crippen molar-refractivity contribution in [1.29, 1.82) is 0 Å². The van der Waals surface area contributed by atoms with E-state index in [2.05, 4.69) is 18.3 Å². The predicted molar refractivity (Wildman–Crippen MR) is 81.1 cm³/mol. The number of carbonyl (C=O) groups excluding carboxylic acids is 1. The van der Waals surface area contributed by atoms with E-state index in [0.29, 0.717) is 19.3 Å². The zero-order valence-corrected chi connectivity index (χ0v) is 12.7. The van der Waals surface area contributed by atoms with Gasteiger partial charge in [-0.15, -0.1) is 0 Å². The summed E-state index contributed by atoms with van der Waals surface area (Å²) in [7, 11) is 0. The minimum Gasteiger partial charge on any atom is -0.481 e. The Hall–Kier alpha value is -1.84. The van der Waals surface area contributed by atoms with Crippen molar-refractivity contribution in [1.82, 2.24) is 5.32 Å². The van der Waals surface area contributed by atoms with Crippen LogP contribution in [0.1, 0.15) is 42.4 Å². The van der Waals surface area contributed by atoms with Crippen LogP contribution in [0.3, 0.4) is 0 Å². The highest BCUT2D eigenvalue weighted by molar-refractivity contribution is 5.79. The largest absolute Gasteiger partial charge is 0.481 e. The number of benzene rings is 1. The van der Waals surface area contributed by atoms with Crippen LogP contribution in [0.15, 0.2) is 18.2 Å². The molecule has 0 radical (unpaired) electrons. The number of amides is 1. The molecule has 4 heteroatoms. The van der Waals surface area contributed by atoms with E-state index in [4.69, 9.17) is 5.11 Å². The number of aryl methyl sites for hydroxylation is 2. The van der Waals surface area contributed by atoms with Crippen molar-refractivity contribution in [3.8, 4) is 0 Å². The van der Waals surface area contributed by atoms with E-state index >= 15 is 0 Å². The van der Waals surface area contributed by atoms with Gasteiger partial charge < -0.3 is 10.4 Å². The van der Waals surface area contributed by atoms with Crippen LogP contribution in [-0.2, 0) is 16.0 Å². The van der Waals surface area contributed by atoms with Crippen molar-refractivity contribution in [2.24, 2.45) is 5.92 Å². The van der Waals surface area contributed by atoms with Gasteiger partial charge in [-0.3, -0.25) is 9.59 Å². The molecule has 1 aromatic carbocycles. The van der Waals surface area contributed by atoms with Gasteiger partial charge in [0.2, 0.25) is 5.91 Å². The Kier molecular flexibility index (Phi) is 4.99. The molecule has 1 amide bonds. The fraction of sp³-hybridized carbons (Fsp3) is 0.529. The lowest BCUT2D eigenvalue weighted by atomic mass is 9.86. The van der Waals surface area contributed by atoms with Crippen LogP contribution in [0.5, 0.6) is 0 Å². The van der Waals surface area contributed by atoms with E-state index in [1.54, 1.807) is 0 Å².